The lowest BCUT2D eigenvalue weighted by Gasteiger charge is -2.20. The number of halogens is 2. The highest BCUT2D eigenvalue weighted by Gasteiger charge is 2.17. The van der Waals surface area contributed by atoms with Crippen LogP contribution in [0.5, 0.6) is 0 Å². The fourth-order valence-electron chi connectivity index (χ4n) is 1.31. The highest BCUT2D eigenvalue weighted by molar-refractivity contribution is 9.10. The third-order valence-electron chi connectivity index (χ3n) is 2.04. The number of amides is 2. The summed E-state index contributed by atoms with van der Waals surface area (Å²) in [6.07, 6.45) is 0. The third kappa shape index (κ3) is 3.34. The fourth-order valence-corrected chi connectivity index (χ4v) is 2.67. The molecule has 0 bridgehead atoms. The van der Waals surface area contributed by atoms with Crippen LogP contribution in [-0.2, 0) is 0 Å². The molecule has 0 aromatic heterocycles. The number of anilines is 1. The molecular weight excluding hydrogens is 307 g/mol. The molecule has 2 amide bonds. The Morgan fingerprint density at radius 2 is 2.18 bits per heavy atom. The topological polar surface area (TPSA) is 82.2 Å². The van der Waals surface area contributed by atoms with Crippen LogP contribution in [0.3, 0.4) is 0 Å². The summed E-state index contributed by atoms with van der Waals surface area (Å²) in [6, 6.07) is 3.07. The molecule has 17 heavy (non-hydrogen) atoms. The number of aryl methyl sites for hydroxylation is 1. The lowest BCUT2D eigenvalue weighted by atomic mass is 10.2. The molecule has 0 aliphatic carbocycles. The molecule has 1 aromatic carbocycles. The lowest BCUT2D eigenvalue weighted by molar-refractivity contribution is 0.251. The van der Waals surface area contributed by atoms with E-state index in [1.54, 1.807) is 13.1 Å². The van der Waals surface area contributed by atoms with Gasteiger partial charge in [0.1, 0.15) is 0 Å². The second-order valence-corrected chi connectivity index (χ2v) is 4.74. The largest absolute Gasteiger partial charge is 0.370 e. The van der Waals surface area contributed by atoms with Gasteiger partial charge in [-0.2, -0.15) is 0 Å². The smallest absolute Gasteiger partial charge is 0.328 e. The first kappa shape index (κ1) is 13.8. The molecule has 0 radical (unpaired) electrons. The minimum Gasteiger partial charge on any atom is -0.370 e. The molecule has 1 rings (SSSR count). The lowest BCUT2D eigenvalue weighted by Crippen LogP contribution is -2.44. The van der Waals surface area contributed by atoms with E-state index in [-0.39, 0.29) is 0 Å². The standard InChI is InChI=1S/C10H12BrClN4O/c1-5-3-6(11)8(7(12)4-5)16(2)10(17)15-9(13)14/h3-4H,1-2H3,(H4,13,14,15,17). The zero-order chi connectivity index (χ0) is 13.2. The number of nitrogens with zero attached hydrogens (tertiary/aromatic N) is 1. The Morgan fingerprint density at radius 1 is 1.59 bits per heavy atom. The summed E-state index contributed by atoms with van der Waals surface area (Å²) in [5, 5.41) is 9.62. The minimum atomic E-state index is -0.524. The van der Waals surface area contributed by atoms with Crippen molar-refractivity contribution in [1.29, 1.82) is 5.41 Å². The summed E-state index contributed by atoms with van der Waals surface area (Å²) < 4.78 is 0.698. The Kier molecular flexibility index (Phi) is 4.36. The molecule has 92 valence electrons. The molecular formula is C10H12BrClN4O. The number of hydrogen-bond donors (Lipinski definition) is 3. The summed E-state index contributed by atoms with van der Waals surface area (Å²) in [7, 11) is 1.54. The quantitative estimate of drug-likeness (QED) is 0.549. The van der Waals surface area contributed by atoms with Gasteiger partial charge in [0.15, 0.2) is 5.96 Å². The van der Waals surface area contributed by atoms with E-state index in [1.807, 2.05) is 13.0 Å². The van der Waals surface area contributed by atoms with Crippen molar-refractivity contribution < 1.29 is 4.79 Å². The summed E-state index contributed by atoms with van der Waals surface area (Å²) in [4.78, 5) is 12.9. The molecule has 7 heteroatoms. The van der Waals surface area contributed by atoms with Crippen molar-refractivity contribution in [3.05, 3.63) is 27.2 Å². The van der Waals surface area contributed by atoms with E-state index in [2.05, 4.69) is 21.2 Å². The van der Waals surface area contributed by atoms with Crippen molar-refractivity contribution in [2.24, 2.45) is 5.73 Å². The van der Waals surface area contributed by atoms with E-state index >= 15 is 0 Å². The number of urea groups is 1. The van der Waals surface area contributed by atoms with Crippen LogP contribution in [0.15, 0.2) is 16.6 Å². The maximum atomic E-state index is 11.7. The maximum absolute atomic E-state index is 11.7. The third-order valence-corrected chi connectivity index (χ3v) is 2.94. The summed E-state index contributed by atoms with van der Waals surface area (Å²) in [5.41, 5.74) is 6.59. The SMILES string of the molecule is Cc1cc(Cl)c(N(C)C(=O)NC(=N)N)c(Br)c1. The second-order valence-electron chi connectivity index (χ2n) is 3.48. The highest BCUT2D eigenvalue weighted by atomic mass is 79.9. The van der Waals surface area contributed by atoms with Gasteiger partial charge in [-0.3, -0.25) is 15.6 Å². The van der Waals surface area contributed by atoms with Gasteiger partial charge in [0.05, 0.1) is 10.7 Å². The molecule has 0 saturated heterocycles. The summed E-state index contributed by atoms with van der Waals surface area (Å²) >= 11 is 9.42. The van der Waals surface area contributed by atoms with Gasteiger partial charge in [-0.25, -0.2) is 4.79 Å². The number of rotatable bonds is 1. The molecule has 0 heterocycles. The Morgan fingerprint density at radius 3 is 2.65 bits per heavy atom. The molecule has 0 fully saturated rings. The van der Waals surface area contributed by atoms with E-state index < -0.39 is 12.0 Å². The monoisotopic (exact) mass is 318 g/mol. The van der Waals surface area contributed by atoms with E-state index in [4.69, 9.17) is 22.7 Å². The van der Waals surface area contributed by atoms with E-state index in [0.717, 1.165) is 5.56 Å². The fraction of sp³-hybridized carbons (Fsp3) is 0.200. The second kappa shape index (κ2) is 5.37. The predicted molar refractivity (Wildman–Crippen MR) is 72.7 cm³/mol. The van der Waals surface area contributed by atoms with Crippen LogP contribution in [-0.4, -0.2) is 19.0 Å². The average Bonchev–Trinajstić information content (AvgIpc) is 2.14. The first-order chi connectivity index (χ1) is 7.82. The van der Waals surface area contributed by atoms with Crippen LogP contribution >= 0.6 is 27.5 Å². The van der Waals surface area contributed by atoms with Gasteiger partial charge in [-0.1, -0.05) is 11.6 Å². The van der Waals surface area contributed by atoms with E-state index in [1.165, 1.54) is 4.90 Å². The zero-order valence-electron chi connectivity index (χ0n) is 9.34. The van der Waals surface area contributed by atoms with Crippen LogP contribution in [0, 0.1) is 12.3 Å². The van der Waals surface area contributed by atoms with Gasteiger partial charge in [0.25, 0.3) is 0 Å². The molecule has 0 aliphatic rings. The number of nitrogens with one attached hydrogen (secondary N) is 2. The molecule has 4 N–H and O–H groups in total. The Balaban J connectivity index is 3.08. The minimum absolute atomic E-state index is 0.416. The van der Waals surface area contributed by atoms with Gasteiger partial charge < -0.3 is 5.73 Å². The molecule has 0 aliphatic heterocycles. The van der Waals surface area contributed by atoms with Gasteiger partial charge >= 0.3 is 6.03 Å². The van der Waals surface area contributed by atoms with Crippen LogP contribution < -0.4 is 16.0 Å². The molecule has 0 saturated carbocycles. The van der Waals surface area contributed by atoms with Crippen molar-refractivity contribution in [2.75, 3.05) is 11.9 Å². The van der Waals surface area contributed by atoms with Gasteiger partial charge in [-0.05, 0) is 40.5 Å². The first-order valence-electron chi connectivity index (χ1n) is 4.67. The average molecular weight is 320 g/mol. The number of nitrogens with two attached hydrogens (primary N) is 1. The summed E-state index contributed by atoms with van der Waals surface area (Å²) in [5.74, 6) is -0.416. The first-order valence-corrected chi connectivity index (χ1v) is 5.84. The number of benzene rings is 1. The molecule has 0 unspecified atom stereocenters. The van der Waals surface area contributed by atoms with Crippen molar-refractivity contribution >= 4 is 45.2 Å². The van der Waals surface area contributed by atoms with Gasteiger partial charge in [0, 0.05) is 11.5 Å². The molecule has 0 atom stereocenters. The zero-order valence-corrected chi connectivity index (χ0v) is 11.7. The molecule has 5 nitrogen and oxygen atoms in total. The Labute approximate surface area is 113 Å². The van der Waals surface area contributed by atoms with Crippen LogP contribution in [0.1, 0.15) is 5.56 Å². The Hall–Kier alpha value is -1.27. The maximum Gasteiger partial charge on any atom is 0.328 e. The number of guanidine groups is 1. The molecule has 0 spiro atoms. The number of hydrogen-bond acceptors (Lipinski definition) is 2. The molecule has 1 aromatic rings. The van der Waals surface area contributed by atoms with Crippen LogP contribution in [0.25, 0.3) is 0 Å². The predicted octanol–water partition coefficient (Wildman–Crippen LogP) is 2.45. The summed E-state index contributed by atoms with van der Waals surface area (Å²) in [6.45, 7) is 1.90. The van der Waals surface area contributed by atoms with Crippen molar-refractivity contribution in [1.82, 2.24) is 5.32 Å². The van der Waals surface area contributed by atoms with Gasteiger partial charge in [-0.15, -0.1) is 0 Å². The normalized spacial score (nSPS) is 9.88. The van der Waals surface area contributed by atoms with Crippen LogP contribution in [0.2, 0.25) is 5.02 Å². The van der Waals surface area contributed by atoms with Crippen molar-refractivity contribution in [3.8, 4) is 0 Å². The number of carbonyl (C=O) groups excluding carboxylic acids is 1. The van der Waals surface area contributed by atoms with E-state index in [9.17, 15) is 4.79 Å². The van der Waals surface area contributed by atoms with Crippen molar-refractivity contribution in [3.63, 3.8) is 0 Å². The Bertz CT molecular complexity index is 454. The van der Waals surface area contributed by atoms with Gasteiger partial charge in [0.2, 0.25) is 0 Å². The highest BCUT2D eigenvalue weighted by Crippen LogP contribution is 2.34. The van der Waals surface area contributed by atoms with Crippen LogP contribution in [0.4, 0.5) is 10.5 Å². The van der Waals surface area contributed by atoms with E-state index in [0.29, 0.717) is 15.2 Å². The number of carbonyl (C=O) groups is 1. The van der Waals surface area contributed by atoms with Crippen molar-refractivity contribution in [2.45, 2.75) is 6.92 Å².